The largest absolute Gasteiger partial charge is 0.310 e. The first-order chi connectivity index (χ1) is 6.70. The van der Waals surface area contributed by atoms with Gasteiger partial charge >= 0.3 is 0 Å². The molecule has 0 aromatic carbocycles. The summed E-state index contributed by atoms with van der Waals surface area (Å²) < 4.78 is 1.94. The maximum Gasteiger partial charge on any atom is 0.0540 e. The number of hydrogen-bond acceptors (Lipinski definition) is 2. The number of aryl methyl sites for hydroxylation is 1. The van der Waals surface area contributed by atoms with Gasteiger partial charge in [0.05, 0.1) is 6.20 Å². The molecule has 0 saturated heterocycles. The van der Waals surface area contributed by atoms with Crippen LogP contribution in [0.15, 0.2) is 6.20 Å². The van der Waals surface area contributed by atoms with E-state index in [4.69, 9.17) is 0 Å². The lowest BCUT2D eigenvalue weighted by Gasteiger charge is -2.16. The van der Waals surface area contributed by atoms with E-state index in [9.17, 15) is 0 Å². The third kappa shape index (κ3) is 2.35. The van der Waals surface area contributed by atoms with Crippen molar-refractivity contribution in [3.63, 3.8) is 0 Å². The summed E-state index contributed by atoms with van der Waals surface area (Å²) in [5, 5.41) is 7.78. The molecule has 1 aromatic heterocycles. The van der Waals surface area contributed by atoms with E-state index in [1.165, 1.54) is 24.1 Å². The van der Waals surface area contributed by atoms with E-state index in [1.807, 2.05) is 17.9 Å². The first kappa shape index (κ1) is 11.2. The molecule has 80 valence electrons. The minimum Gasteiger partial charge on any atom is -0.310 e. The fourth-order valence-electron chi connectivity index (χ4n) is 1.76. The highest BCUT2D eigenvalue weighted by atomic mass is 15.3. The Hall–Kier alpha value is -0.830. The van der Waals surface area contributed by atoms with Gasteiger partial charge in [0.25, 0.3) is 0 Å². The molecule has 0 bridgehead atoms. The van der Waals surface area contributed by atoms with E-state index in [0.717, 1.165) is 6.54 Å². The van der Waals surface area contributed by atoms with Gasteiger partial charge in [-0.1, -0.05) is 20.3 Å². The van der Waals surface area contributed by atoms with Crippen molar-refractivity contribution in [1.29, 1.82) is 0 Å². The quantitative estimate of drug-likeness (QED) is 0.780. The lowest BCUT2D eigenvalue weighted by Crippen LogP contribution is -2.21. The van der Waals surface area contributed by atoms with Crippen molar-refractivity contribution < 1.29 is 0 Å². The molecule has 1 atom stereocenters. The summed E-state index contributed by atoms with van der Waals surface area (Å²) in [5.74, 6) is 0. The number of aromatic nitrogens is 2. The third-order valence-corrected chi connectivity index (χ3v) is 2.68. The first-order valence-electron chi connectivity index (χ1n) is 5.42. The maximum absolute atomic E-state index is 4.28. The van der Waals surface area contributed by atoms with Crippen molar-refractivity contribution in [1.82, 2.24) is 15.1 Å². The summed E-state index contributed by atoms with van der Waals surface area (Å²) in [7, 11) is 1.99. The molecular weight excluding hydrogens is 174 g/mol. The monoisotopic (exact) mass is 195 g/mol. The average Bonchev–Trinajstić information content (AvgIpc) is 2.48. The molecule has 0 spiro atoms. The van der Waals surface area contributed by atoms with Crippen molar-refractivity contribution in [2.45, 2.75) is 39.7 Å². The van der Waals surface area contributed by atoms with Crippen LogP contribution >= 0.6 is 0 Å². The number of hydrogen-bond donors (Lipinski definition) is 1. The van der Waals surface area contributed by atoms with Crippen molar-refractivity contribution in [2.75, 3.05) is 6.54 Å². The van der Waals surface area contributed by atoms with E-state index in [0.29, 0.717) is 6.04 Å². The van der Waals surface area contributed by atoms with Gasteiger partial charge in [-0.3, -0.25) is 4.68 Å². The SMILES string of the molecule is CCCC(NCC)c1cnn(C)c1C. The topological polar surface area (TPSA) is 29.9 Å². The molecule has 3 nitrogen and oxygen atoms in total. The molecule has 0 aliphatic heterocycles. The minimum absolute atomic E-state index is 0.471. The zero-order valence-electron chi connectivity index (χ0n) is 9.67. The van der Waals surface area contributed by atoms with E-state index >= 15 is 0 Å². The second kappa shape index (κ2) is 5.15. The highest BCUT2D eigenvalue weighted by Gasteiger charge is 2.14. The Morgan fingerprint density at radius 3 is 2.64 bits per heavy atom. The Morgan fingerprint density at radius 1 is 1.50 bits per heavy atom. The van der Waals surface area contributed by atoms with Crippen LogP contribution in [0.25, 0.3) is 0 Å². The Kier molecular flexibility index (Phi) is 4.14. The van der Waals surface area contributed by atoms with E-state index in [-0.39, 0.29) is 0 Å². The number of nitrogens with one attached hydrogen (secondary N) is 1. The fraction of sp³-hybridized carbons (Fsp3) is 0.727. The summed E-state index contributed by atoms with van der Waals surface area (Å²) in [6, 6.07) is 0.471. The van der Waals surface area contributed by atoms with Crippen LogP contribution in [0.3, 0.4) is 0 Å². The zero-order chi connectivity index (χ0) is 10.6. The molecule has 14 heavy (non-hydrogen) atoms. The average molecular weight is 195 g/mol. The lowest BCUT2D eigenvalue weighted by molar-refractivity contribution is 0.506. The Labute approximate surface area is 86.5 Å². The van der Waals surface area contributed by atoms with Crippen molar-refractivity contribution in [3.8, 4) is 0 Å². The second-order valence-electron chi connectivity index (χ2n) is 3.71. The standard InChI is InChI=1S/C11H21N3/c1-5-7-11(12-6-2)10-8-13-14(4)9(10)3/h8,11-12H,5-7H2,1-4H3. The van der Waals surface area contributed by atoms with Crippen molar-refractivity contribution >= 4 is 0 Å². The molecule has 0 radical (unpaired) electrons. The molecule has 0 aliphatic carbocycles. The highest BCUT2D eigenvalue weighted by molar-refractivity contribution is 5.20. The van der Waals surface area contributed by atoms with Gasteiger partial charge in [0.2, 0.25) is 0 Å². The Bertz CT molecular complexity index is 272. The summed E-state index contributed by atoms with van der Waals surface area (Å²) >= 11 is 0. The Morgan fingerprint density at radius 2 is 2.21 bits per heavy atom. The fourth-order valence-corrected chi connectivity index (χ4v) is 1.76. The predicted octanol–water partition coefficient (Wildman–Crippen LogP) is 2.18. The molecule has 0 fully saturated rings. The smallest absolute Gasteiger partial charge is 0.0540 e. The molecule has 3 heteroatoms. The van der Waals surface area contributed by atoms with Gasteiger partial charge < -0.3 is 5.32 Å². The normalized spacial score (nSPS) is 13.1. The molecule has 1 unspecified atom stereocenters. The predicted molar refractivity (Wildman–Crippen MR) is 59.3 cm³/mol. The minimum atomic E-state index is 0.471. The van der Waals surface area contributed by atoms with Crippen LogP contribution < -0.4 is 5.32 Å². The van der Waals surface area contributed by atoms with Crippen LogP contribution in [0.1, 0.15) is 44.0 Å². The van der Waals surface area contributed by atoms with Gasteiger partial charge in [0, 0.05) is 24.3 Å². The maximum atomic E-state index is 4.28. The summed E-state index contributed by atoms with van der Waals surface area (Å²) in [6.07, 6.45) is 4.37. The van der Waals surface area contributed by atoms with Gasteiger partial charge in [0.1, 0.15) is 0 Å². The van der Waals surface area contributed by atoms with Crippen molar-refractivity contribution in [2.24, 2.45) is 7.05 Å². The van der Waals surface area contributed by atoms with Crippen molar-refractivity contribution in [3.05, 3.63) is 17.5 Å². The molecule has 1 aromatic rings. The summed E-state index contributed by atoms with van der Waals surface area (Å²) in [4.78, 5) is 0. The van der Waals surface area contributed by atoms with Gasteiger partial charge in [0.15, 0.2) is 0 Å². The van der Waals surface area contributed by atoms with Crippen LogP contribution in [0.4, 0.5) is 0 Å². The molecule has 1 N–H and O–H groups in total. The zero-order valence-corrected chi connectivity index (χ0v) is 9.67. The Balaban J connectivity index is 2.81. The molecule has 0 amide bonds. The van der Waals surface area contributed by atoms with Crippen LogP contribution in [0.5, 0.6) is 0 Å². The van der Waals surface area contributed by atoms with Crippen LogP contribution in [-0.4, -0.2) is 16.3 Å². The lowest BCUT2D eigenvalue weighted by atomic mass is 10.0. The van der Waals surface area contributed by atoms with Crippen LogP contribution in [0, 0.1) is 6.92 Å². The van der Waals surface area contributed by atoms with E-state index < -0.39 is 0 Å². The number of rotatable bonds is 5. The van der Waals surface area contributed by atoms with Crippen LogP contribution in [-0.2, 0) is 7.05 Å². The molecule has 0 saturated carbocycles. The third-order valence-electron chi connectivity index (χ3n) is 2.68. The summed E-state index contributed by atoms with van der Waals surface area (Å²) in [6.45, 7) is 7.51. The molecule has 1 rings (SSSR count). The van der Waals surface area contributed by atoms with E-state index in [1.54, 1.807) is 0 Å². The second-order valence-corrected chi connectivity index (χ2v) is 3.71. The first-order valence-corrected chi connectivity index (χ1v) is 5.42. The van der Waals surface area contributed by atoms with Gasteiger partial charge in [-0.15, -0.1) is 0 Å². The summed E-state index contributed by atoms with van der Waals surface area (Å²) in [5.41, 5.74) is 2.61. The van der Waals surface area contributed by atoms with Gasteiger partial charge in [-0.25, -0.2) is 0 Å². The molecular formula is C11H21N3. The highest BCUT2D eigenvalue weighted by Crippen LogP contribution is 2.20. The number of nitrogens with zero attached hydrogens (tertiary/aromatic N) is 2. The molecule has 0 aliphatic rings. The van der Waals surface area contributed by atoms with Gasteiger partial charge in [-0.2, -0.15) is 5.10 Å². The van der Waals surface area contributed by atoms with Gasteiger partial charge in [-0.05, 0) is 19.9 Å². The molecule has 1 heterocycles. The van der Waals surface area contributed by atoms with E-state index in [2.05, 4.69) is 31.2 Å². The van der Waals surface area contributed by atoms with Crippen LogP contribution in [0.2, 0.25) is 0 Å².